The summed E-state index contributed by atoms with van der Waals surface area (Å²) in [7, 11) is 0. The van der Waals surface area contributed by atoms with E-state index in [9.17, 15) is 22.8 Å². The molecule has 22 heavy (non-hydrogen) atoms. The molecule has 1 heterocycles. The molecule has 0 aromatic heterocycles. The van der Waals surface area contributed by atoms with Crippen LogP contribution in [0.1, 0.15) is 18.4 Å². The van der Waals surface area contributed by atoms with Crippen LogP contribution in [0.2, 0.25) is 0 Å². The highest BCUT2D eigenvalue weighted by Gasteiger charge is 2.39. The van der Waals surface area contributed by atoms with Crippen LogP contribution in [-0.4, -0.2) is 42.0 Å². The summed E-state index contributed by atoms with van der Waals surface area (Å²) in [5.74, 6) is -0.985. The zero-order chi connectivity index (χ0) is 16.2. The molecule has 1 fully saturated rings. The molecule has 0 aliphatic carbocycles. The zero-order valence-electron chi connectivity index (χ0n) is 11.9. The van der Waals surface area contributed by atoms with Gasteiger partial charge in [0.15, 0.2) is 0 Å². The predicted octanol–water partition coefficient (Wildman–Crippen LogP) is 1.90. The molecule has 2 rings (SSSR count). The first-order chi connectivity index (χ1) is 10.3. The van der Waals surface area contributed by atoms with Crippen LogP contribution in [0.4, 0.5) is 13.2 Å². The largest absolute Gasteiger partial charge is 0.406 e. The number of halogens is 3. The van der Waals surface area contributed by atoms with E-state index in [0.717, 1.165) is 10.5 Å². The van der Waals surface area contributed by atoms with Gasteiger partial charge < -0.3 is 10.2 Å². The Hall–Kier alpha value is -2.05. The fourth-order valence-electron chi connectivity index (χ4n) is 2.42. The number of benzene rings is 1. The summed E-state index contributed by atoms with van der Waals surface area (Å²) in [5.41, 5.74) is 0.995. The number of amides is 2. The Kier molecular flexibility index (Phi) is 5.05. The van der Waals surface area contributed by atoms with Gasteiger partial charge in [-0.05, 0) is 18.4 Å². The second-order valence-corrected chi connectivity index (χ2v) is 5.27. The third-order valence-electron chi connectivity index (χ3n) is 3.49. The monoisotopic (exact) mass is 314 g/mol. The number of nitrogens with one attached hydrogen (secondary N) is 1. The first-order valence-electron chi connectivity index (χ1n) is 7.04. The first-order valence-corrected chi connectivity index (χ1v) is 7.04. The van der Waals surface area contributed by atoms with Crippen molar-refractivity contribution in [3.05, 3.63) is 35.9 Å². The molecule has 2 amide bonds. The molecule has 0 spiro atoms. The van der Waals surface area contributed by atoms with E-state index in [0.29, 0.717) is 6.42 Å². The van der Waals surface area contributed by atoms with Crippen LogP contribution in [0.5, 0.6) is 0 Å². The minimum atomic E-state index is -4.41. The number of rotatable bonds is 5. The topological polar surface area (TPSA) is 49.4 Å². The predicted molar refractivity (Wildman–Crippen MR) is 73.9 cm³/mol. The maximum Gasteiger partial charge on any atom is 0.406 e. The van der Waals surface area contributed by atoms with E-state index >= 15 is 0 Å². The van der Waals surface area contributed by atoms with Gasteiger partial charge in [0, 0.05) is 13.0 Å². The number of alkyl halides is 3. The van der Waals surface area contributed by atoms with Gasteiger partial charge in [-0.15, -0.1) is 0 Å². The Balaban J connectivity index is 1.79. The molecule has 120 valence electrons. The number of carbonyl (C=O) groups is 2. The number of carbonyl (C=O) groups excluding carboxylic acids is 2. The van der Waals surface area contributed by atoms with E-state index in [1.165, 1.54) is 0 Å². The zero-order valence-corrected chi connectivity index (χ0v) is 11.9. The molecule has 1 aromatic carbocycles. The summed E-state index contributed by atoms with van der Waals surface area (Å²) in [5, 5.41) is 2.52. The van der Waals surface area contributed by atoms with Gasteiger partial charge in [-0.25, -0.2) is 0 Å². The van der Waals surface area contributed by atoms with Crippen molar-refractivity contribution in [3.63, 3.8) is 0 Å². The molecule has 4 nitrogen and oxygen atoms in total. The summed E-state index contributed by atoms with van der Waals surface area (Å²) in [6, 6.07) is 8.53. The van der Waals surface area contributed by atoms with E-state index in [2.05, 4.69) is 5.32 Å². The molecule has 0 unspecified atom stereocenters. The lowest BCUT2D eigenvalue weighted by molar-refractivity contribution is -0.158. The van der Waals surface area contributed by atoms with Crippen LogP contribution in [0.3, 0.4) is 0 Å². The fourth-order valence-corrected chi connectivity index (χ4v) is 2.42. The Morgan fingerprint density at radius 1 is 1.27 bits per heavy atom. The Labute approximate surface area is 126 Å². The van der Waals surface area contributed by atoms with E-state index in [1.54, 1.807) is 0 Å². The summed E-state index contributed by atoms with van der Waals surface area (Å²) < 4.78 is 36.9. The van der Waals surface area contributed by atoms with Gasteiger partial charge in [0.25, 0.3) is 0 Å². The number of hydrogen-bond acceptors (Lipinski definition) is 2. The van der Waals surface area contributed by atoms with Gasteiger partial charge in [-0.2, -0.15) is 13.2 Å². The summed E-state index contributed by atoms with van der Waals surface area (Å²) in [6.07, 6.45) is -3.47. The number of likely N-dealkylation sites (tertiary alicyclic amines) is 1. The molecule has 1 aliphatic heterocycles. The summed E-state index contributed by atoms with van der Waals surface area (Å²) in [6.45, 7) is -1.25. The highest BCUT2D eigenvalue weighted by Crippen LogP contribution is 2.21. The van der Waals surface area contributed by atoms with Crippen molar-refractivity contribution in [1.29, 1.82) is 0 Å². The lowest BCUT2D eigenvalue weighted by Gasteiger charge is -2.18. The van der Waals surface area contributed by atoms with Gasteiger partial charge in [-0.1, -0.05) is 30.3 Å². The molecule has 1 aromatic rings. The lowest BCUT2D eigenvalue weighted by atomic mass is 10.1. The van der Waals surface area contributed by atoms with Crippen molar-refractivity contribution in [1.82, 2.24) is 10.2 Å². The minimum Gasteiger partial charge on any atom is -0.344 e. The quantitative estimate of drug-likeness (QED) is 0.902. The second kappa shape index (κ2) is 6.81. The van der Waals surface area contributed by atoms with Gasteiger partial charge in [0.2, 0.25) is 11.8 Å². The molecule has 1 aliphatic rings. The van der Waals surface area contributed by atoms with Gasteiger partial charge in [0.05, 0.1) is 0 Å². The average molecular weight is 314 g/mol. The van der Waals surface area contributed by atoms with Crippen LogP contribution in [0.25, 0.3) is 0 Å². The van der Waals surface area contributed by atoms with E-state index < -0.39 is 24.7 Å². The van der Waals surface area contributed by atoms with E-state index in [-0.39, 0.29) is 25.3 Å². The van der Waals surface area contributed by atoms with Crippen molar-refractivity contribution >= 4 is 11.8 Å². The molecule has 7 heteroatoms. The van der Waals surface area contributed by atoms with Crippen LogP contribution in [0.15, 0.2) is 30.3 Å². The molecular formula is C15H17F3N2O2. The second-order valence-electron chi connectivity index (χ2n) is 5.27. The van der Waals surface area contributed by atoms with Crippen LogP contribution in [-0.2, 0) is 16.0 Å². The SMILES string of the molecule is O=C(CCc1ccccc1)N[C@H]1CCN(CC(F)(F)F)C1=O. The number of aryl methyl sites for hydroxylation is 1. The highest BCUT2D eigenvalue weighted by molar-refractivity contribution is 5.89. The number of nitrogens with zero attached hydrogens (tertiary/aromatic N) is 1. The maximum atomic E-state index is 12.3. The lowest BCUT2D eigenvalue weighted by Crippen LogP contribution is -2.43. The van der Waals surface area contributed by atoms with Crippen molar-refractivity contribution in [2.24, 2.45) is 0 Å². The standard InChI is InChI=1S/C15H17F3N2O2/c16-15(17,18)10-20-9-8-12(14(20)22)19-13(21)7-6-11-4-2-1-3-5-11/h1-5,12H,6-10H2,(H,19,21)/t12-/m0/s1. The third-order valence-corrected chi connectivity index (χ3v) is 3.49. The molecular weight excluding hydrogens is 297 g/mol. The van der Waals surface area contributed by atoms with Crippen LogP contribution < -0.4 is 5.32 Å². The maximum absolute atomic E-state index is 12.3. The van der Waals surface area contributed by atoms with Gasteiger partial charge in [0.1, 0.15) is 12.6 Å². The molecule has 0 radical (unpaired) electrons. The first kappa shape index (κ1) is 16.3. The Morgan fingerprint density at radius 3 is 2.59 bits per heavy atom. The van der Waals surface area contributed by atoms with Gasteiger partial charge in [-0.3, -0.25) is 9.59 Å². The average Bonchev–Trinajstić information content (AvgIpc) is 2.77. The van der Waals surface area contributed by atoms with Crippen molar-refractivity contribution < 1.29 is 22.8 Å². The molecule has 1 saturated heterocycles. The fraction of sp³-hybridized carbons (Fsp3) is 0.467. The van der Waals surface area contributed by atoms with Crippen molar-refractivity contribution in [2.45, 2.75) is 31.5 Å². The molecule has 0 bridgehead atoms. The van der Waals surface area contributed by atoms with E-state index in [4.69, 9.17) is 0 Å². The van der Waals surface area contributed by atoms with Crippen molar-refractivity contribution in [2.75, 3.05) is 13.1 Å². The normalized spacial score (nSPS) is 18.6. The third kappa shape index (κ3) is 4.75. The Morgan fingerprint density at radius 2 is 1.95 bits per heavy atom. The minimum absolute atomic E-state index is 0.0158. The highest BCUT2D eigenvalue weighted by atomic mass is 19.4. The molecule has 1 N–H and O–H groups in total. The van der Waals surface area contributed by atoms with E-state index in [1.807, 2.05) is 30.3 Å². The number of hydrogen-bond donors (Lipinski definition) is 1. The summed E-state index contributed by atoms with van der Waals surface area (Å²) in [4.78, 5) is 24.3. The van der Waals surface area contributed by atoms with Gasteiger partial charge >= 0.3 is 6.18 Å². The molecule has 0 saturated carbocycles. The van der Waals surface area contributed by atoms with Crippen LogP contribution >= 0.6 is 0 Å². The molecule has 1 atom stereocenters. The van der Waals surface area contributed by atoms with Crippen molar-refractivity contribution in [3.8, 4) is 0 Å². The smallest absolute Gasteiger partial charge is 0.344 e. The van der Waals surface area contributed by atoms with Crippen LogP contribution in [0, 0.1) is 0 Å². The summed E-state index contributed by atoms with van der Waals surface area (Å²) >= 11 is 0. The Bertz CT molecular complexity index is 531.